The van der Waals surface area contributed by atoms with Crippen LogP contribution in [0, 0.1) is 5.92 Å². The molecule has 3 aliphatic rings. The van der Waals surface area contributed by atoms with Crippen molar-refractivity contribution in [2.75, 3.05) is 31.1 Å². The Morgan fingerprint density at radius 3 is 2.54 bits per heavy atom. The second kappa shape index (κ2) is 12.1. The molecule has 8 heteroatoms. The molecule has 2 aliphatic heterocycles. The molecule has 2 saturated heterocycles. The molecule has 7 nitrogen and oxygen atoms in total. The second-order valence-electron chi connectivity index (χ2n) is 11.1. The van der Waals surface area contributed by atoms with E-state index < -0.39 is 0 Å². The van der Waals surface area contributed by atoms with E-state index in [1.807, 2.05) is 18.5 Å². The Morgan fingerprint density at radius 1 is 1.08 bits per heavy atom. The van der Waals surface area contributed by atoms with Gasteiger partial charge in [-0.25, -0.2) is 4.98 Å². The van der Waals surface area contributed by atoms with Gasteiger partial charge in [-0.15, -0.1) is 11.6 Å². The highest BCUT2D eigenvalue weighted by Gasteiger charge is 2.38. The van der Waals surface area contributed by atoms with Gasteiger partial charge in [-0.2, -0.15) is 0 Å². The molecule has 37 heavy (non-hydrogen) atoms. The number of aromatic nitrogens is 2. The van der Waals surface area contributed by atoms with Gasteiger partial charge < -0.3 is 15.0 Å². The summed E-state index contributed by atoms with van der Waals surface area (Å²) in [6.45, 7) is 8.88. The van der Waals surface area contributed by atoms with Crippen LogP contribution in [0.2, 0.25) is 0 Å². The second-order valence-corrected chi connectivity index (χ2v) is 11.6. The number of carbonyl (C=O) groups is 1. The number of nitrogens with zero attached hydrogens (tertiary/aromatic N) is 4. The third-order valence-electron chi connectivity index (χ3n) is 8.12. The Balaban J connectivity index is 1.09. The number of rotatable bonds is 6. The van der Waals surface area contributed by atoms with E-state index >= 15 is 0 Å². The van der Waals surface area contributed by atoms with E-state index in [4.69, 9.17) is 21.3 Å². The summed E-state index contributed by atoms with van der Waals surface area (Å²) in [5.74, 6) is 1.17. The van der Waals surface area contributed by atoms with E-state index in [9.17, 15) is 4.79 Å². The topological polar surface area (TPSA) is 70.6 Å². The lowest BCUT2D eigenvalue weighted by Crippen LogP contribution is -2.49. The third-order valence-corrected chi connectivity index (χ3v) is 8.73. The first kappa shape index (κ1) is 26.4. The molecule has 1 N–H and O–H groups in total. The molecule has 200 valence electrons. The van der Waals surface area contributed by atoms with Crippen molar-refractivity contribution in [2.45, 2.75) is 82.0 Å². The summed E-state index contributed by atoms with van der Waals surface area (Å²) in [5.41, 5.74) is 2.38. The molecule has 2 aromatic rings. The lowest BCUT2D eigenvalue weighted by molar-refractivity contribution is -0.126. The van der Waals surface area contributed by atoms with Gasteiger partial charge in [-0.05, 0) is 62.8 Å². The van der Waals surface area contributed by atoms with Crippen LogP contribution in [0.15, 0.2) is 42.9 Å². The van der Waals surface area contributed by atoms with E-state index in [0.29, 0.717) is 0 Å². The van der Waals surface area contributed by atoms with Crippen molar-refractivity contribution in [3.05, 3.63) is 54.0 Å². The number of alkyl halides is 1. The molecule has 2 aromatic heterocycles. The maximum absolute atomic E-state index is 13.2. The predicted octanol–water partition coefficient (Wildman–Crippen LogP) is 4.36. The molecule has 0 spiro atoms. The van der Waals surface area contributed by atoms with E-state index in [2.05, 4.69) is 52.1 Å². The van der Waals surface area contributed by atoms with Crippen LogP contribution in [0.1, 0.15) is 63.0 Å². The third kappa shape index (κ3) is 6.62. The van der Waals surface area contributed by atoms with Crippen LogP contribution in [0.4, 0.5) is 5.82 Å². The van der Waals surface area contributed by atoms with Gasteiger partial charge in [0.1, 0.15) is 5.82 Å². The molecule has 5 atom stereocenters. The number of hydrogen-bond acceptors (Lipinski definition) is 6. The number of hydrogen-bond donors (Lipinski definition) is 1. The van der Waals surface area contributed by atoms with Gasteiger partial charge in [0.2, 0.25) is 5.91 Å². The average Bonchev–Trinajstić information content (AvgIpc) is 2.90. The van der Waals surface area contributed by atoms with Crippen molar-refractivity contribution < 1.29 is 9.53 Å². The zero-order valence-electron chi connectivity index (χ0n) is 22.1. The molecule has 4 heterocycles. The van der Waals surface area contributed by atoms with Crippen molar-refractivity contribution in [1.29, 1.82) is 0 Å². The average molecular weight is 526 g/mol. The molecule has 3 fully saturated rings. The first-order chi connectivity index (χ1) is 18.0. The summed E-state index contributed by atoms with van der Waals surface area (Å²) in [6.07, 6.45) is 11.0. The highest BCUT2D eigenvalue weighted by atomic mass is 35.5. The SMILES string of the molecule is CC1CN(Cc2ccc(N3CCC(NC(=O)[C@@H]4CCCC(c5cccnc5)C4Cl)CC3)nc2)CC(C)O1. The van der Waals surface area contributed by atoms with Gasteiger partial charge in [0, 0.05) is 63.3 Å². The lowest BCUT2D eigenvalue weighted by Gasteiger charge is -2.37. The fourth-order valence-electron chi connectivity index (χ4n) is 6.31. The fraction of sp³-hybridized carbons (Fsp3) is 0.621. The van der Waals surface area contributed by atoms with Gasteiger partial charge in [-0.3, -0.25) is 14.7 Å². The van der Waals surface area contributed by atoms with Gasteiger partial charge >= 0.3 is 0 Å². The van der Waals surface area contributed by atoms with E-state index in [1.54, 1.807) is 6.20 Å². The molecular weight excluding hydrogens is 486 g/mol. The van der Waals surface area contributed by atoms with Crippen molar-refractivity contribution in [1.82, 2.24) is 20.2 Å². The van der Waals surface area contributed by atoms with Crippen LogP contribution in [0.3, 0.4) is 0 Å². The molecule has 5 rings (SSSR count). The highest BCUT2D eigenvalue weighted by molar-refractivity contribution is 6.22. The van der Waals surface area contributed by atoms with Crippen LogP contribution in [-0.4, -0.2) is 70.6 Å². The molecule has 1 aliphatic carbocycles. The zero-order valence-corrected chi connectivity index (χ0v) is 22.8. The number of amides is 1. The Morgan fingerprint density at radius 2 is 1.86 bits per heavy atom. The number of halogens is 1. The maximum atomic E-state index is 13.2. The van der Waals surface area contributed by atoms with Crippen molar-refractivity contribution in [3.8, 4) is 0 Å². The van der Waals surface area contributed by atoms with Crippen LogP contribution >= 0.6 is 11.6 Å². The van der Waals surface area contributed by atoms with Gasteiger partial charge in [-0.1, -0.05) is 18.6 Å². The van der Waals surface area contributed by atoms with Crippen molar-refractivity contribution >= 4 is 23.3 Å². The van der Waals surface area contributed by atoms with Gasteiger partial charge in [0.05, 0.1) is 23.5 Å². The van der Waals surface area contributed by atoms with Crippen molar-refractivity contribution in [3.63, 3.8) is 0 Å². The Bertz CT molecular complexity index is 1000. The summed E-state index contributed by atoms with van der Waals surface area (Å²) in [6, 6.07) is 8.55. The minimum absolute atomic E-state index is 0.112. The zero-order chi connectivity index (χ0) is 25.8. The lowest BCUT2D eigenvalue weighted by atomic mass is 9.77. The van der Waals surface area contributed by atoms with E-state index in [1.165, 1.54) is 5.56 Å². The molecule has 1 amide bonds. The number of ether oxygens (including phenoxy) is 1. The molecule has 0 aromatic carbocycles. The predicted molar refractivity (Wildman–Crippen MR) is 147 cm³/mol. The standard InChI is InChI=1S/C29H40ClN5O2/c1-20-17-34(18-21(2)37-20)19-22-8-9-27(32-15-22)35-13-10-24(11-14-35)33-29(36)26-7-3-6-25(28(26)30)23-5-4-12-31-16-23/h4-5,8-9,12,15-16,20-21,24-26,28H,3,6-7,10-11,13-14,17-19H2,1-2H3,(H,33,36)/t20?,21?,25?,26-,28?/m1/s1. The highest BCUT2D eigenvalue weighted by Crippen LogP contribution is 2.40. The number of nitrogens with one attached hydrogen (secondary N) is 1. The number of anilines is 1. The normalized spacial score (nSPS) is 29.7. The Kier molecular flexibility index (Phi) is 8.63. The molecule has 4 unspecified atom stereocenters. The summed E-state index contributed by atoms with van der Waals surface area (Å²) in [7, 11) is 0. The van der Waals surface area contributed by atoms with Crippen molar-refractivity contribution in [2.24, 2.45) is 5.92 Å². The Hall–Kier alpha value is -2.22. The van der Waals surface area contributed by atoms with Crippen LogP contribution in [0.25, 0.3) is 0 Å². The summed E-state index contributed by atoms with van der Waals surface area (Å²) in [5, 5.41) is 3.13. The minimum atomic E-state index is -0.190. The molecule has 0 bridgehead atoms. The van der Waals surface area contributed by atoms with Crippen LogP contribution < -0.4 is 10.2 Å². The minimum Gasteiger partial charge on any atom is -0.373 e. The first-order valence-corrected chi connectivity index (χ1v) is 14.3. The fourth-order valence-corrected chi connectivity index (χ4v) is 6.82. The smallest absolute Gasteiger partial charge is 0.224 e. The Labute approximate surface area is 225 Å². The number of carbonyl (C=O) groups excluding carboxylic acids is 1. The molecule has 1 saturated carbocycles. The monoisotopic (exact) mass is 525 g/mol. The van der Waals surface area contributed by atoms with E-state index in [-0.39, 0.29) is 41.4 Å². The summed E-state index contributed by atoms with van der Waals surface area (Å²) >= 11 is 6.87. The number of morpholine rings is 1. The molecule has 0 radical (unpaired) electrons. The quantitative estimate of drug-likeness (QED) is 0.565. The van der Waals surface area contributed by atoms with Gasteiger partial charge in [0.25, 0.3) is 0 Å². The first-order valence-electron chi connectivity index (χ1n) is 13.9. The number of piperidine rings is 1. The maximum Gasteiger partial charge on any atom is 0.224 e. The largest absolute Gasteiger partial charge is 0.373 e. The van der Waals surface area contributed by atoms with Crippen LogP contribution in [0.5, 0.6) is 0 Å². The molecular formula is C29H40ClN5O2. The van der Waals surface area contributed by atoms with E-state index in [0.717, 1.165) is 76.2 Å². The summed E-state index contributed by atoms with van der Waals surface area (Å²) in [4.78, 5) is 27.0. The van der Waals surface area contributed by atoms with Crippen LogP contribution in [-0.2, 0) is 16.1 Å². The summed E-state index contributed by atoms with van der Waals surface area (Å²) < 4.78 is 5.85. The number of pyridine rings is 2. The van der Waals surface area contributed by atoms with Gasteiger partial charge in [0.15, 0.2) is 0 Å².